The summed E-state index contributed by atoms with van der Waals surface area (Å²) in [4.78, 5) is 0. The van der Waals surface area contributed by atoms with Gasteiger partial charge in [0.05, 0.1) is 0 Å². The summed E-state index contributed by atoms with van der Waals surface area (Å²) >= 11 is 0. The normalized spacial score (nSPS) is 16.6. The van der Waals surface area contributed by atoms with Crippen LogP contribution in [0, 0.1) is 0 Å². The smallest absolute Gasteiger partial charge is 0.309 e. The lowest BCUT2D eigenvalue weighted by Crippen LogP contribution is -2.51. The Morgan fingerprint density at radius 3 is 1.42 bits per heavy atom. The number of ether oxygens (including phenoxy) is 2. The van der Waals surface area contributed by atoms with E-state index >= 15 is 0 Å². The van der Waals surface area contributed by atoms with Crippen molar-refractivity contribution >= 4 is 0 Å². The molecule has 0 fully saturated rings. The fourth-order valence-corrected chi connectivity index (χ4v) is 0.713. The van der Waals surface area contributed by atoms with Crippen molar-refractivity contribution in [3.8, 4) is 0 Å². The summed E-state index contributed by atoms with van der Waals surface area (Å²) in [5.41, 5.74) is 0. The van der Waals surface area contributed by atoms with Crippen molar-refractivity contribution in [3.05, 3.63) is 0 Å². The van der Waals surface area contributed by atoms with Crippen molar-refractivity contribution in [1.29, 1.82) is 0 Å². The van der Waals surface area contributed by atoms with Crippen molar-refractivity contribution in [2.45, 2.75) is 30.9 Å². The SMILES string of the molecule is FC(F)(F)COC(F)(F)C(OC(F)(F)F)C(F)(F)F. The number of hydrogen-bond donors (Lipinski definition) is 0. The molecule has 0 aliphatic rings. The van der Waals surface area contributed by atoms with E-state index in [-0.39, 0.29) is 0 Å². The molecule has 0 amide bonds. The second kappa shape index (κ2) is 5.26. The van der Waals surface area contributed by atoms with Crippen LogP contribution in [-0.2, 0) is 9.47 Å². The Morgan fingerprint density at radius 2 is 1.16 bits per heavy atom. The molecule has 0 spiro atoms. The minimum atomic E-state index is -6.30. The zero-order valence-electron chi connectivity index (χ0n) is 8.26. The Balaban J connectivity index is 5.03. The van der Waals surface area contributed by atoms with Crippen LogP contribution in [0.5, 0.6) is 0 Å². The van der Waals surface area contributed by atoms with E-state index in [0.29, 0.717) is 0 Å². The van der Waals surface area contributed by atoms with Crippen LogP contribution in [0.25, 0.3) is 0 Å². The van der Waals surface area contributed by atoms with E-state index in [1.165, 1.54) is 0 Å². The van der Waals surface area contributed by atoms with Crippen LogP contribution in [-0.4, -0.2) is 37.5 Å². The molecule has 0 aliphatic heterocycles. The molecule has 0 bridgehead atoms. The van der Waals surface area contributed by atoms with Gasteiger partial charge in [0.15, 0.2) is 0 Å². The average molecular weight is 316 g/mol. The minimum Gasteiger partial charge on any atom is -0.309 e. The fourth-order valence-electron chi connectivity index (χ4n) is 0.713. The van der Waals surface area contributed by atoms with Crippen LogP contribution < -0.4 is 0 Å². The first-order valence-corrected chi connectivity index (χ1v) is 3.94. The zero-order valence-corrected chi connectivity index (χ0v) is 8.26. The standard InChI is InChI=1S/C6H3F11O2/c7-3(8,9)1-18-5(13,14)2(4(10,11)12)19-6(15,16)17/h2H,1H2. The van der Waals surface area contributed by atoms with Crippen molar-refractivity contribution in [2.24, 2.45) is 0 Å². The van der Waals surface area contributed by atoms with E-state index in [1.54, 1.807) is 0 Å². The summed E-state index contributed by atoms with van der Waals surface area (Å²) in [7, 11) is 0. The average Bonchev–Trinajstić information content (AvgIpc) is 2.07. The van der Waals surface area contributed by atoms with E-state index in [9.17, 15) is 48.3 Å². The van der Waals surface area contributed by atoms with Gasteiger partial charge in [0.1, 0.15) is 6.61 Å². The van der Waals surface area contributed by atoms with Gasteiger partial charge in [-0.05, 0) is 0 Å². The molecule has 0 aromatic rings. The summed E-state index contributed by atoms with van der Waals surface area (Å²) in [6, 6.07) is 0. The van der Waals surface area contributed by atoms with Gasteiger partial charge in [-0.1, -0.05) is 0 Å². The Morgan fingerprint density at radius 1 is 0.737 bits per heavy atom. The third-order valence-electron chi connectivity index (χ3n) is 1.28. The van der Waals surface area contributed by atoms with Gasteiger partial charge in [0.2, 0.25) is 0 Å². The van der Waals surface area contributed by atoms with E-state index < -0.39 is 37.5 Å². The van der Waals surface area contributed by atoms with E-state index in [2.05, 4.69) is 9.47 Å². The highest BCUT2D eigenvalue weighted by atomic mass is 19.4. The highest BCUT2D eigenvalue weighted by Gasteiger charge is 2.62. The molecular formula is C6H3F11O2. The van der Waals surface area contributed by atoms with Gasteiger partial charge in [0, 0.05) is 0 Å². The molecule has 13 heteroatoms. The molecule has 0 saturated heterocycles. The maximum absolute atomic E-state index is 12.6. The number of rotatable bonds is 4. The van der Waals surface area contributed by atoms with Crippen LogP contribution in [0.15, 0.2) is 0 Å². The molecule has 0 radical (unpaired) electrons. The van der Waals surface area contributed by atoms with Crippen molar-refractivity contribution < 1.29 is 57.8 Å². The van der Waals surface area contributed by atoms with E-state index in [1.807, 2.05) is 0 Å². The summed E-state index contributed by atoms with van der Waals surface area (Å²) in [5.74, 6) is 0. The first-order chi connectivity index (χ1) is 8.05. The van der Waals surface area contributed by atoms with Gasteiger partial charge in [-0.25, -0.2) is 0 Å². The largest absolute Gasteiger partial charge is 0.523 e. The molecule has 1 atom stereocenters. The second-order valence-electron chi connectivity index (χ2n) is 2.95. The quantitative estimate of drug-likeness (QED) is 0.738. The maximum atomic E-state index is 12.6. The lowest BCUT2D eigenvalue weighted by molar-refractivity contribution is -0.445. The molecule has 0 aliphatic carbocycles. The Kier molecular flexibility index (Phi) is 5.03. The van der Waals surface area contributed by atoms with Crippen LogP contribution in [0.1, 0.15) is 0 Å². The van der Waals surface area contributed by atoms with Crippen LogP contribution >= 0.6 is 0 Å². The molecule has 116 valence electrons. The predicted octanol–water partition coefficient (Wildman–Crippen LogP) is 3.63. The summed E-state index contributed by atoms with van der Waals surface area (Å²) in [6.45, 7) is -2.88. The second-order valence-corrected chi connectivity index (χ2v) is 2.95. The lowest BCUT2D eigenvalue weighted by atomic mass is 10.3. The number of alkyl halides is 11. The summed E-state index contributed by atoms with van der Waals surface area (Å²) in [6.07, 6.45) is -28.7. The van der Waals surface area contributed by atoms with Crippen LogP contribution in [0.2, 0.25) is 0 Å². The molecule has 19 heavy (non-hydrogen) atoms. The Bertz CT molecular complexity index is 287. The molecule has 2 nitrogen and oxygen atoms in total. The maximum Gasteiger partial charge on any atom is 0.523 e. The van der Waals surface area contributed by atoms with E-state index in [4.69, 9.17) is 0 Å². The first kappa shape index (κ1) is 18.1. The highest BCUT2D eigenvalue weighted by Crippen LogP contribution is 2.39. The monoisotopic (exact) mass is 316 g/mol. The van der Waals surface area contributed by atoms with Gasteiger partial charge in [0.25, 0.3) is 6.10 Å². The van der Waals surface area contributed by atoms with E-state index in [0.717, 1.165) is 0 Å². The third kappa shape index (κ3) is 7.34. The molecule has 0 aromatic heterocycles. The Labute approximate surface area is 96.6 Å². The van der Waals surface area contributed by atoms with Crippen LogP contribution in [0.4, 0.5) is 48.3 Å². The van der Waals surface area contributed by atoms with Crippen molar-refractivity contribution in [2.75, 3.05) is 6.61 Å². The lowest BCUT2D eigenvalue weighted by Gasteiger charge is -2.28. The van der Waals surface area contributed by atoms with Gasteiger partial charge < -0.3 is 4.74 Å². The van der Waals surface area contributed by atoms with Crippen molar-refractivity contribution in [3.63, 3.8) is 0 Å². The molecular weight excluding hydrogens is 313 g/mol. The molecule has 0 heterocycles. The summed E-state index contributed by atoms with van der Waals surface area (Å²) in [5, 5.41) is 0. The molecule has 0 N–H and O–H groups in total. The first-order valence-electron chi connectivity index (χ1n) is 3.94. The zero-order chi connectivity index (χ0) is 15.7. The van der Waals surface area contributed by atoms with Gasteiger partial charge in [-0.3, -0.25) is 4.74 Å². The van der Waals surface area contributed by atoms with Gasteiger partial charge >= 0.3 is 24.8 Å². The molecule has 0 saturated carbocycles. The summed E-state index contributed by atoms with van der Waals surface area (Å²) < 4.78 is 134. The Hall–Kier alpha value is -0.850. The number of halogens is 11. The van der Waals surface area contributed by atoms with Gasteiger partial charge in [-0.2, -0.15) is 35.1 Å². The van der Waals surface area contributed by atoms with Crippen LogP contribution in [0.3, 0.4) is 0 Å². The predicted molar refractivity (Wildman–Crippen MR) is 33.9 cm³/mol. The minimum absolute atomic E-state index is 2.06. The topological polar surface area (TPSA) is 18.5 Å². The number of hydrogen-bond acceptors (Lipinski definition) is 2. The van der Waals surface area contributed by atoms with Gasteiger partial charge in [-0.15, -0.1) is 13.2 Å². The molecule has 1 unspecified atom stereocenters. The molecule has 0 aromatic carbocycles. The third-order valence-corrected chi connectivity index (χ3v) is 1.28. The van der Waals surface area contributed by atoms with Crippen molar-refractivity contribution in [1.82, 2.24) is 0 Å². The molecule has 0 rings (SSSR count). The fraction of sp³-hybridized carbons (Fsp3) is 1.00. The highest BCUT2D eigenvalue weighted by molar-refractivity contribution is 4.78.